The first-order valence-corrected chi connectivity index (χ1v) is 9.50. The normalized spacial score (nSPS) is 15.7. The fraction of sp³-hybridized carbons (Fsp3) is 0.500. The molecule has 2 rings (SSSR count). The van der Waals surface area contributed by atoms with Crippen LogP contribution in [0.2, 0.25) is 0 Å². The lowest BCUT2D eigenvalue weighted by Crippen LogP contribution is -2.32. The summed E-state index contributed by atoms with van der Waals surface area (Å²) in [5, 5.41) is 0.537. The average Bonchev–Trinajstić information content (AvgIpc) is 2.88. The minimum atomic E-state index is -0.0762. The van der Waals surface area contributed by atoms with Crippen LogP contribution in [-0.2, 0) is 4.79 Å². The number of nitrogens with zero attached hydrogens (tertiary/aromatic N) is 2. The number of ether oxygens (including phenoxy) is 3. The van der Waals surface area contributed by atoms with Crippen molar-refractivity contribution < 1.29 is 19.0 Å². The number of likely N-dealkylation sites (N-methyl/N-ethyl adjacent to an activating group) is 1. The predicted octanol–water partition coefficient (Wildman–Crippen LogP) is 3.69. The Hall–Kier alpha value is -2.28. The zero-order chi connectivity index (χ0) is 20.0. The van der Waals surface area contributed by atoms with Crippen molar-refractivity contribution in [3.05, 3.63) is 23.4 Å². The number of carbonyl (C=O) groups is 1. The molecule has 0 saturated carbocycles. The van der Waals surface area contributed by atoms with Gasteiger partial charge in [-0.25, -0.2) is 0 Å². The molecular weight excluding hydrogens is 364 g/mol. The maximum absolute atomic E-state index is 12.9. The second-order valence-corrected chi connectivity index (χ2v) is 6.71. The molecule has 0 aliphatic carbocycles. The van der Waals surface area contributed by atoms with Crippen molar-refractivity contribution in [1.82, 2.24) is 9.80 Å². The Morgan fingerprint density at radius 3 is 2.19 bits per heavy atom. The van der Waals surface area contributed by atoms with Gasteiger partial charge < -0.3 is 19.1 Å². The monoisotopic (exact) mass is 392 g/mol. The van der Waals surface area contributed by atoms with Gasteiger partial charge in [0.25, 0.3) is 5.91 Å². The van der Waals surface area contributed by atoms with Gasteiger partial charge in [0.15, 0.2) is 16.6 Å². The van der Waals surface area contributed by atoms with E-state index in [4.69, 9.17) is 26.4 Å². The first kappa shape index (κ1) is 21.0. The fourth-order valence-corrected chi connectivity index (χ4v) is 3.32. The summed E-state index contributed by atoms with van der Waals surface area (Å²) in [7, 11) is 6.50. The van der Waals surface area contributed by atoms with Crippen molar-refractivity contribution in [3.63, 3.8) is 0 Å². The van der Waals surface area contributed by atoms with Crippen LogP contribution in [0.3, 0.4) is 0 Å². The number of unbranched alkanes of at least 4 members (excludes halogenated alkanes) is 3. The molecule has 148 valence electrons. The second-order valence-electron chi connectivity index (χ2n) is 6.35. The summed E-state index contributed by atoms with van der Waals surface area (Å²) >= 11 is 5.47. The molecule has 0 spiro atoms. The molecular formula is C20H28N2O4S. The van der Waals surface area contributed by atoms with E-state index in [0.717, 1.165) is 24.8 Å². The van der Waals surface area contributed by atoms with Crippen molar-refractivity contribution in [2.75, 3.05) is 34.9 Å². The lowest BCUT2D eigenvalue weighted by molar-refractivity contribution is -0.122. The van der Waals surface area contributed by atoms with Crippen LogP contribution in [-0.4, -0.2) is 55.7 Å². The van der Waals surface area contributed by atoms with Gasteiger partial charge in [-0.15, -0.1) is 0 Å². The number of methoxy groups -OCH3 is 3. The molecule has 1 aromatic carbocycles. The highest BCUT2D eigenvalue weighted by atomic mass is 32.1. The van der Waals surface area contributed by atoms with Gasteiger partial charge >= 0.3 is 0 Å². The lowest BCUT2D eigenvalue weighted by atomic mass is 10.1. The van der Waals surface area contributed by atoms with E-state index >= 15 is 0 Å². The van der Waals surface area contributed by atoms with Gasteiger partial charge in [-0.1, -0.05) is 26.2 Å². The van der Waals surface area contributed by atoms with Crippen LogP contribution in [0.25, 0.3) is 6.08 Å². The third kappa shape index (κ3) is 4.53. The highest BCUT2D eigenvalue weighted by Crippen LogP contribution is 2.39. The predicted molar refractivity (Wildman–Crippen MR) is 110 cm³/mol. The molecule has 0 atom stereocenters. The van der Waals surface area contributed by atoms with Crippen LogP contribution < -0.4 is 14.2 Å². The molecule has 1 saturated heterocycles. The Bertz CT molecular complexity index is 708. The van der Waals surface area contributed by atoms with Crippen LogP contribution >= 0.6 is 12.2 Å². The maximum atomic E-state index is 12.9. The van der Waals surface area contributed by atoms with Crippen molar-refractivity contribution in [2.24, 2.45) is 0 Å². The number of hydrogen-bond donors (Lipinski definition) is 0. The highest BCUT2D eigenvalue weighted by Gasteiger charge is 2.35. The molecule has 1 aliphatic heterocycles. The third-order valence-corrected chi connectivity index (χ3v) is 5.06. The lowest BCUT2D eigenvalue weighted by Gasteiger charge is -2.16. The van der Waals surface area contributed by atoms with E-state index in [9.17, 15) is 4.79 Å². The van der Waals surface area contributed by atoms with Crippen LogP contribution in [0.4, 0.5) is 0 Å². The van der Waals surface area contributed by atoms with Crippen molar-refractivity contribution in [1.29, 1.82) is 0 Å². The van der Waals surface area contributed by atoms with Gasteiger partial charge in [-0.05, 0) is 42.4 Å². The van der Waals surface area contributed by atoms with Crippen LogP contribution in [0.1, 0.15) is 38.2 Å². The van der Waals surface area contributed by atoms with Crippen molar-refractivity contribution >= 4 is 29.3 Å². The molecule has 0 bridgehead atoms. The van der Waals surface area contributed by atoms with E-state index in [1.54, 1.807) is 37.2 Å². The standard InChI is InChI=1S/C20H28N2O4S/c1-6-7-8-9-10-22-19(23)15(21(2)20(22)27)11-14-12-16(24-3)18(26-5)17(13-14)25-4/h11-13H,6-10H2,1-5H3/b15-11-. The summed E-state index contributed by atoms with van der Waals surface area (Å²) in [5.74, 6) is 1.51. The quantitative estimate of drug-likeness (QED) is 0.363. The Morgan fingerprint density at radius 2 is 1.67 bits per heavy atom. The van der Waals surface area contributed by atoms with E-state index in [-0.39, 0.29) is 5.91 Å². The summed E-state index contributed by atoms with van der Waals surface area (Å²) < 4.78 is 16.1. The molecule has 0 aromatic heterocycles. The van der Waals surface area contributed by atoms with E-state index in [1.807, 2.05) is 19.2 Å². The van der Waals surface area contributed by atoms with E-state index in [0.29, 0.717) is 34.6 Å². The van der Waals surface area contributed by atoms with Crippen LogP contribution in [0, 0.1) is 0 Å². The van der Waals surface area contributed by atoms with Gasteiger partial charge in [0.1, 0.15) is 5.70 Å². The maximum Gasteiger partial charge on any atom is 0.276 e. The molecule has 1 heterocycles. The molecule has 0 radical (unpaired) electrons. The fourth-order valence-electron chi connectivity index (χ4n) is 3.05. The average molecular weight is 393 g/mol. The minimum absolute atomic E-state index is 0.0762. The molecule has 1 fully saturated rings. The summed E-state index contributed by atoms with van der Waals surface area (Å²) in [6.07, 6.45) is 6.16. The topological polar surface area (TPSA) is 51.2 Å². The Labute approximate surface area is 166 Å². The van der Waals surface area contributed by atoms with E-state index in [1.165, 1.54) is 6.42 Å². The molecule has 27 heavy (non-hydrogen) atoms. The van der Waals surface area contributed by atoms with Crippen molar-refractivity contribution in [2.45, 2.75) is 32.6 Å². The second kappa shape index (κ2) is 9.60. The number of carbonyl (C=O) groups excluding carboxylic acids is 1. The Morgan fingerprint density at radius 1 is 1.04 bits per heavy atom. The summed E-state index contributed by atoms with van der Waals surface area (Å²) in [5.41, 5.74) is 1.31. The zero-order valence-corrected chi connectivity index (χ0v) is 17.5. The summed E-state index contributed by atoms with van der Waals surface area (Å²) in [6.45, 7) is 2.81. The number of thiocarbonyl (C=S) groups is 1. The minimum Gasteiger partial charge on any atom is -0.493 e. The molecule has 0 N–H and O–H groups in total. The number of rotatable bonds is 9. The zero-order valence-electron chi connectivity index (χ0n) is 16.7. The molecule has 0 unspecified atom stereocenters. The van der Waals surface area contributed by atoms with Gasteiger partial charge in [-0.3, -0.25) is 9.69 Å². The number of hydrogen-bond acceptors (Lipinski definition) is 5. The van der Waals surface area contributed by atoms with Crippen LogP contribution in [0.5, 0.6) is 17.2 Å². The first-order chi connectivity index (χ1) is 13.0. The van der Waals surface area contributed by atoms with Gasteiger partial charge in [0.2, 0.25) is 5.75 Å². The third-order valence-electron chi connectivity index (χ3n) is 4.57. The van der Waals surface area contributed by atoms with Gasteiger partial charge in [0.05, 0.1) is 21.3 Å². The Kier molecular flexibility index (Phi) is 7.47. The summed E-state index contributed by atoms with van der Waals surface area (Å²) in [6, 6.07) is 3.62. The SMILES string of the molecule is CCCCCCN1C(=O)/C(=C/c2cc(OC)c(OC)c(OC)c2)N(C)C1=S. The molecule has 7 heteroatoms. The molecule has 1 amide bonds. The molecule has 1 aromatic rings. The van der Waals surface area contributed by atoms with E-state index in [2.05, 4.69) is 6.92 Å². The van der Waals surface area contributed by atoms with Crippen LogP contribution in [0.15, 0.2) is 17.8 Å². The largest absolute Gasteiger partial charge is 0.493 e. The smallest absolute Gasteiger partial charge is 0.276 e. The summed E-state index contributed by atoms with van der Waals surface area (Å²) in [4.78, 5) is 16.3. The molecule has 6 nitrogen and oxygen atoms in total. The highest BCUT2D eigenvalue weighted by molar-refractivity contribution is 7.80. The number of amides is 1. The van der Waals surface area contributed by atoms with E-state index < -0.39 is 0 Å². The Balaban J connectivity index is 2.30. The first-order valence-electron chi connectivity index (χ1n) is 9.09. The van der Waals surface area contributed by atoms with Crippen molar-refractivity contribution in [3.8, 4) is 17.2 Å². The molecule has 1 aliphatic rings. The number of benzene rings is 1. The van der Waals surface area contributed by atoms with Gasteiger partial charge in [-0.2, -0.15) is 0 Å². The van der Waals surface area contributed by atoms with Gasteiger partial charge in [0, 0.05) is 13.6 Å².